The molecule has 178 valence electrons. The molecule has 1 fully saturated rings. The average Bonchev–Trinajstić information content (AvgIpc) is 3.25. The van der Waals surface area contributed by atoms with Crippen LogP contribution in [0.4, 0.5) is 5.82 Å². The Bertz CT molecular complexity index is 1650. The maximum atomic E-state index is 14.0. The van der Waals surface area contributed by atoms with Crippen LogP contribution in [0.1, 0.15) is 16.8 Å². The summed E-state index contributed by atoms with van der Waals surface area (Å²) in [5, 5.41) is 15.6. The zero-order valence-electron chi connectivity index (χ0n) is 19.8. The number of nitrogens with zero attached hydrogens (tertiary/aromatic N) is 6. The zero-order valence-corrected chi connectivity index (χ0v) is 19.8. The second-order valence-corrected chi connectivity index (χ2v) is 8.97. The van der Waals surface area contributed by atoms with Gasteiger partial charge in [0, 0.05) is 44.3 Å². The van der Waals surface area contributed by atoms with Crippen molar-refractivity contribution < 1.29 is 0 Å². The first-order valence-electron chi connectivity index (χ1n) is 12.1. The quantitative estimate of drug-likeness (QED) is 0.420. The Balaban J connectivity index is 1.55. The van der Waals surface area contributed by atoms with Crippen LogP contribution in [-0.4, -0.2) is 45.3 Å². The van der Waals surface area contributed by atoms with Gasteiger partial charge in [-0.2, -0.15) is 5.26 Å². The van der Waals surface area contributed by atoms with Crippen LogP contribution >= 0.6 is 0 Å². The van der Waals surface area contributed by atoms with Crippen LogP contribution in [0.3, 0.4) is 0 Å². The van der Waals surface area contributed by atoms with Gasteiger partial charge in [0.05, 0.1) is 18.6 Å². The Labute approximate surface area is 208 Å². The van der Waals surface area contributed by atoms with Gasteiger partial charge in [-0.15, -0.1) is 0 Å². The minimum Gasteiger partial charge on any atom is -0.354 e. The Kier molecular flexibility index (Phi) is 5.68. The second kappa shape index (κ2) is 9.29. The van der Waals surface area contributed by atoms with Crippen molar-refractivity contribution in [2.45, 2.75) is 13.1 Å². The first kappa shape index (κ1) is 22.0. The molecule has 8 heteroatoms. The van der Waals surface area contributed by atoms with Gasteiger partial charge in [-0.3, -0.25) is 14.3 Å². The summed E-state index contributed by atoms with van der Waals surface area (Å²) >= 11 is 0. The molecule has 6 rings (SSSR count). The molecule has 2 aromatic carbocycles. The lowest BCUT2D eigenvalue weighted by molar-refractivity contribution is 0.576. The van der Waals surface area contributed by atoms with E-state index in [2.05, 4.69) is 26.3 Å². The van der Waals surface area contributed by atoms with Gasteiger partial charge in [0.15, 0.2) is 0 Å². The SMILES string of the molecule is N#Cc1c(N2CCNCC2)n(Cc2ccccc2)c2c(=O)n(Cc3nccc4ccccc34)cnc12. The standard InChI is InChI=1S/C28H25N7O/c29-16-23-25-26(35(17-20-6-2-1-3-7-20)27(23)33-14-12-30-13-15-33)28(36)34(19-32-25)18-24-22-9-5-4-8-21(22)10-11-31-24/h1-11,19,30H,12-15,17-18H2. The van der Waals surface area contributed by atoms with Crippen LogP contribution in [0, 0.1) is 11.3 Å². The minimum absolute atomic E-state index is 0.177. The molecule has 1 aliphatic rings. The number of fused-ring (bicyclic) bond motifs is 2. The molecule has 0 spiro atoms. The summed E-state index contributed by atoms with van der Waals surface area (Å²) in [5.41, 5.74) is 3.04. The van der Waals surface area contributed by atoms with Crippen LogP contribution in [0.5, 0.6) is 0 Å². The molecule has 0 radical (unpaired) electrons. The molecule has 1 aliphatic heterocycles. The predicted molar refractivity (Wildman–Crippen MR) is 140 cm³/mol. The van der Waals surface area contributed by atoms with E-state index < -0.39 is 0 Å². The first-order chi connectivity index (χ1) is 17.7. The lowest BCUT2D eigenvalue weighted by atomic mass is 10.1. The molecule has 5 aromatic rings. The maximum absolute atomic E-state index is 14.0. The zero-order chi connectivity index (χ0) is 24.5. The third kappa shape index (κ3) is 3.80. The lowest BCUT2D eigenvalue weighted by Crippen LogP contribution is -2.44. The number of hydrogen-bond donors (Lipinski definition) is 1. The van der Waals surface area contributed by atoms with E-state index in [9.17, 15) is 10.1 Å². The Morgan fingerprint density at radius 2 is 1.72 bits per heavy atom. The summed E-state index contributed by atoms with van der Waals surface area (Å²) in [5.74, 6) is 0.767. The summed E-state index contributed by atoms with van der Waals surface area (Å²) in [6, 6.07) is 22.4. The van der Waals surface area contributed by atoms with Gasteiger partial charge < -0.3 is 14.8 Å². The van der Waals surface area contributed by atoms with Gasteiger partial charge in [0.1, 0.15) is 28.5 Å². The molecule has 0 saturated carbocycles. The predicted octanol–water partition coefficient (Wildman–Crippen LogP) is 3.12. The van der Waals surface area contributed by atoms with Gasteiger partial charge in [-0.1, -0.05) is 54.6 Å². The van der Waals surface area contributed by atoms with Gasteiger partial charge in [-0.05, 0) is 17.0 Å². The van der Waals surface area contributed by atoms with Crippen molar-refractivity contribution in [2.75, 3.05) is 31.1 Å². The van der Waals surface area contributed by atoms with Crippen LogP contribution in [0.15, 0.2) is 78.0 Å². The summed E-state index contributed by atoms with van der Waals surface area (Å²) < 4.78 is 3.58. The number of rotatable bonds is 5. The number of nitrogens with one attached hydrogen (secondary N) is 1. The number of aromatic nitrogens is 4. The van der Waals surface area contributed by atoms with E-state index in [0.717, 1.165) is 54.0 Å². The fourth-order valence-corrected chi connectivity index (χ4v) is 5.06. The molecular formula is C28H25N7O. The molecule has 1 N–H and O–H groups in total. The second-order valence-electron chi connectivity index (χ2n) is 8.97. The number of hydrogen-bond acceptors (Lipinski definition) is 6. The fourth-order valence-electron chi connectivity index (χ4n) is 5.06. The topological polar surface area (TPSA) is 91.8 Å². The van der Waals surface area contributed by atoms with Crippen LogP contribution in [0.25, 0.3) is 21.8 Å². The normalized spacial score (nSPS) is 13.8. The average molecular weight is 476 g/mol. The van der Waals surface area contributed by atoms with Crippen molar-refractivity contribution in [1.29, 1.82) is 5.26 Å². The Morgan fingerprint density at radius 3 is 2.53 bits per heavy atom. The van der Waals surface area contributed by atoms with E-state index in [-0.39, 0.29) is 5.56 Å². The Hall–Kier alpha value is -4.48. The fraction of sp³-hybridized carbons (Fsp3) is 0.214. The van der Waals surface area contributed by atoms with Gasteiger partial charge in [0.25, 0.3) is 5.56 Å². The smallest absolute Gasteiger partial charge is 0.278 e. The molecule has 0 aliphatic carbocycles. The van der Waals surface area contributed by atoms with E-state index >= 15 is 0 Å². The molecule has 0 bridgehead atoms. The molecule has 36 heavy (non-hydrogen) atoms. The number of nitriles is 1. The Morgan fingerprint density at radius 1 is 0.944 bits per heavy atom. The first-order valence-corrected chi connectivity index (χ1v) is 12.1. The number of pyridine rings is 1. The van der Waals surface area contributed by atoms with Crippen molar-refractivity contribution in [2.24, 2.45) is 0 Å². The van der Waals surface area contributed by atoms with Crippen molar-refractivity contribution in [3.63, 3.8) is 0 Å². The summed E-state index contributed by atoms with van der Waals surface area (Å²) in [6.07, 6.45) is 3.31. The van der Waals surface area contributed by atoms with E-state index in [1.807, 2.05) is 65.2 Å². The minimum atomic E-state index is -0.177. The monoisotopic (exact) mass is 475 g/mol. The molecule has 1 saturated heterocycles. The molecule has 8 nitrogen and oxygen atoms in total. The highest BCUT2D eigenvalue weighted by Crippen LogP contribution is 2.31. The van der Waals surface area contributed by atoms with Crippen molar-refractivity contribution in [3.05, 3.63) is 100 Å². The van der Waals surface area contributed by atoms with Crippen LogP contribution < -0.4 is 15.8 Å². The highest BCUT2D eigenvalue weighted by Gasteiger charge is 2.27. The van der Waals surface area contributed by atoms with Crippen LogP contribution in [0.2, 0.25) is 0 Å². The highest BCUT2D eigenvalue weighted by molar-refractivity contribution is 5.89. The summed E-state index contributed by atoms with van der Waals surface area (Å²) in [4.78, 5) is 25.4. The third-order valence-corrected chi connectivity index (χ3v) is 6.79. The van der Waals surface area contributed by atoms with Gasteiger partial charge in [-0.25, -0.2) is 4.98 Å². The highest BCUT2D eigenvalue weighted by atomic mass is 16.1. The molecule has 0 unspecified atom stereocenters. The molecule has 4 heterocycles. The van der Waals surface area contributed by atoms with Gasteiger partial charge >= 0.3 is 0 Å². The summed E-state index contributed by atoms with van der Waals surface area (Å²) in [6.45, 7) is 3.93. The van der Waals surface area contributed by atoms with Gasteiger partial charge in [0.2, 0.25) is 0 Å². The summed E-state index contributed by atoms with van der Waals surface area (Å²) in [7, 11) is 0. The largest absolute Gasteiger partial charge is 0.354 e. The van der Waals surface area contributed by atoms with E-state index in [1.54, 1.807) is 17.1 Å². The molecule has 3 aromatic heterocycles. The molecular weight excluding hydrogens is 450 g/mol. The van der Waals surface area contributed by atoms with Crippen molar-refractivity contribution in [3.8, 4) is 6.07 Å². The van der Waals surface area contributed by atoms with E-state index in [4.69, 9.17) is 0 Å². The van der Waals surface area contributed by atoms with E-state index in [0.29, 0.717) is 29.7 Å². The van der Waals surface area contributed by atoms with Crippen molar-refractivity contribution >= 4 is 27.6 Å². The number of benzene rings is 2. The van der Waals surface area contributed by atoms with Crippen LogP contribution in [-0.2, 0) is 13.1 Å². The third-order valence-electron chi connectivity index (χ3n) is 6.79. The number of piperazine rings is 1. The number of anilines is 1. The van der Waals surface area contributed by atoms with E-state index in [1.165, 1.54) is 0 Å². The van der Waals surface area contributed by atoms with Crippen molar-refractivity contribution in [1.82, 2.24) is 24.4 Å². The lowest BCUT2D eigenvalue weighted by Gasteiger charge is -2.30. The maximum Gasteiger partial charge on any atom is 0.278 e. The molecule has 0 amide bonds. The molecule has 0 atom stereocenters.